The van der Waals surface area contributed by atoms with Crippen molar-refractivity contribution in [3.63, 3.8) is 0 Å². The molecule has 204 valence electrons. The molecule has 2 N–H and O–H groups in total. The van der Waals surface area contributed by atoms with Crippen LogP contribution < -0.4 is 16.0 Å². The van der Waals surface area contributed by atoms with Crippen LogP contribution in [-0.2, 0) is 0 Å². The second kappa shape index (κ2) is 11.1. The van der Waals surface area contributed by atoms with E-state index in [9.17, 15) is 4.79 Å². The SMILES string of the molecule is C[C@@H](NCC1CCN(c2c(F)cc(-c3noc(=O)[nH]3)cc2F)CC1c1ccccc1)c1cccc2ccccc12. The maximum Gasteiger partial charge on any atom is 0.439 e. The number of fused-ring (bicyclic) bond motifs is 1. The molecule has 1 aliphatic rings. The first-order chi connectivity index (χ1) is 19.5. The maximum atomic E-state index is 15.3. The highest BCUT2D eigenvalue weighted by Gasteiger charge is 2.33. The Morgan fingerprint density at radius 2 is 1.75 bits per heavy atom. The van der Waals surface area contributed by atoms with Crippen molar-refractivity contribution >= 4 is 16.5 Å². The van der Waals surface area contributed by atoms with Crippen LogP contribution >= 0.6 is 0 Å². The third kappa shape index (κ3) is 5.14. The van der Waals surface area contributed by atoms with Gasteiger partial charge in [0, 0.05) is 30.6 Å². The molecule has 6 nitrogen and oxygen atoms in total. The van der Waals surface area contributed by atoms with Gasteiger partial charge in [0.2, 0.25) is 0 Å². The van der Waals surface area contributed by atoms with Crippen LogP contribution in [0.2, 0.25) is 0 Å². The lowest BCUT2D eigenvalue weighted by Crippen LogP contribution is -2.43. The molecule has 8 heteroatoms. The van der Waals surface area contributed by atoms with E-state index in [1.54, 1.807) is 4.90 Å². The molecule has 0 saturated carbocycles. The van der Waals surface area contributed by atoms with Gasteiger partial charge >= 0.3 is 5.76 Å². The van der Waals surface area contributed by atoms with E-state index < -0.39 is 17.4 Å². The van der Waals surface area contributed by atoms with Crippen LogP contribution in [0.25, 0.3) is 22.2 Å². The molecule has 0 amide bonds. The summed E-state index contributed by atoms with van der Waals surface area (Å²) < 4.78 is 35.2. The molecule has 0 radical (unpaired) electrons. The van der Waals surface area contributed by atoms with Gasteiger partial charge < -0.3 is 10.2 Å². The Kier molecular flexibility index (Phi) is 7.17. The maximum absolute atomic E-state index is 15.3. The number of nitrogens with one attached hydrogen (secondary N) is 2. The van der Waals surface area contributed by atoms with E-state index in [1.165, 1.54) is 28.5 Å². The minimum Gasteiger partial charge on any atom is -0.366 e. The van der Waals surface area contributed by atoms with Gasteiger partial charge in [-0.15, -0.1) is 0 Å². The van der Waals surface area contributed by atoms with Crippen molar-refractivity contribution < 1.29 is 13.3 Å². The molecule has 0 bridgehead atoms. The summed E-state index contributed by atoms with van der Waals surface area (Å²) in [6.07, 6.45) is 0.770. The summed E-state index contributed by atoms with van der Waals surface area (Å²) in [6, 6.07) is 27.5. The van der Waals surface area contributed by atoms with Crippen LogP contribution in [0.3, 0.4) is 0 Å². The summed E-state index contributed by atoms with van der Waals surface area (Å²) in [5.41, 5.74) is 2.45. The summed E-state index contributed by atoms with van der Waals surface area (Å²) in [5.74, 6) is -1.84. The smallest absolute Gasteiger partial charge is 0.366 e. The van der Waals surface area contributed by atoms with Gasteiger partial charge in [-0.25, -0.2) is 13.6 Å². The summed E-state index contributed by atoms with van der Waals surface area (Å²) in [6.45, 7) is 3.96. The highest BCUT2D eigenvalue weighted by molar-refractivity contribution is 5.86. The largest absolute Gasteiger partial charge is 0.439 e. The number of aromatic nitrogens is 2. The fraction of sp³-hybridized carbons (Fsp3) is 0.250. The minimum atomic E-state index is -0.781. The van der Waals surface area contributed by atoms with Crippen LogP contribution in [0.4, 0.5) is 14.5 Å². The zero-order chi connectivity index (χ0) is 27.6. The number of H-pyrrole nitrogens is 1. The lowest BCUT2D eigenvalue weighted by molar-refractivity contribution is 0.322. The highest BCUT2D eigenvalue weighted by atomic mass is 19.1. The number of rotatable bonds is 7. The molecule has 6 rings (SSSR count). The topological polar surface area (TPSA) is 74.2 Å². The average molecular weight is 541 g/mol. The van der Waals surface area contributed by atoms with Crippen LogP contribution in [0, 0.1) is 17.6 Å². The molecular weight excluding hydrogens is 510 g/mol. The predicted octanol–water partition coefficient (Wildman–Crippen LogP) is 6.42. The first-order valence-corrected chi connectivity index (χ1v) is 13.5. The van der Waals surface area contributed by atoms with E-state index in [4.69, 9.17) is 0 Å². The lowest BCUT2D eigenvalue weighted by Gasteiger charge is -2.41. The molecule has 0 aliphatic carbocycles. The van der Waals surface area contributed by atoms with Gasteiger partial charge in [0.1, 0.15) is 17.3 Å². The number of nitrogens with zero attached hydrogens (tertiary/aromatic N) is 2. The van der Waals surface area contributed by atoms with Gasteiger partial charge in [-0.3, -0.25) is 9.51 Å². The van der Waals surface area contributed by atoms with Crippen LogP contribution in [0.5, 0.6) is 0 Å². The number of piperidine rings is 1. The first kappa shape index (κ1) is 26.0. The Balaban J connectivity index is 1.23. The van der Waals surface area contributed by atoms with Gasteiger partial charge in [-0.05, 0) is 59.8 Å². The normalized spacial score (nSPS) is 18.2. The molecule has 3 atom stereocenters. The van der Waals surface area contributed by atoms with Crippen molar-refractivity contribution in [3.8, 4) is 11.4 Å². The summed E-state index contributed by atoms with van der Waals surface area (Å²) in [7, 11) is 0. The fourth-order valence-electron chi connectivity index (χ4n) is 5.95. The number of halogens is 2. The Morgan fingerprint density at radius 1 is 1.02 bits per heavy atom. The van der Waals surface area contributed by atoms with Crippen molar-refractivity contribution in [1.82, 2.24) is 15.5 Å². The van der Waals surface area contributed by atoms with Gasteiger partial charge in [-0.2, -0.15) is 0 Å². The Morgan fingerprint density at radius 3 is 2.50 bits per heavy atom. The molecule has 4 aromatic carbocycles. The summed E-state index contributed by atoms with van der Waals surface area (Å²) >= 11 is 0. The summed E-state index contributed by atoms with van der Waals surface area (Å²) in [5, 5.41) is 9.76. The fourth-order valence-corrected chi connectivity index (χ4v) is 5.95. The monoisotopic (exact) mass is 540 g/mol. The molecule has 1 fully saturated rings. The van der Waals surface area contributed by atoms with E-state index >= 15 is 8.78 Å². The highest BCUT2D eigenvalue weighted by Crippen LogP contribution is 2.37. The van der Waals surface area contributed by atoms with Gasteiger partial charge in [-0.1, -0.05) is 78.0 Å². The van der Waals surface area contributed by atoms with Crippen molar-refractivity contribution in [2.24, 2.45) is 5.92 Å². The molecule has 1 saturated heterocycles. The molecule has 1 aliphatic heterocycles. The molecule has 2 unspecified atom stereocenters. The van der Waals surface area contributed by atoms with E-state index in [0.29, 0.717) is 13.1 Å². The van der Waals surface area contributed by atoms with Gasteiger partial charge in [0.15, 0.2) is 5.82 Å². The predicted molar refractivity (Wildman–Crippen MR) is 152 cm³/mol. The van der Waals surface area contributed by atoms with Crippen molar-refractivity contribution in [3.05, 3.63) is 118 Å². The Hall–Kier alpha value is -4.30. The summed E-state index contributed by atoms with van der Waals surface area (Å²) in [4.78, 5) is 15.4. The third-order valence-corrected chi connectivity index (χ3v) is 8.01. The van der Waals surface area contributed by atoms with Crippen molar-refractivity contribution in [1.29, 1.82) is 0 Å². The molecule has 5 aromatic rings. The second-order valence-corrected chi connectivity index (χ2v) is 10.4. The number of anilines is 1. The standard InChI is InChI=1S/C32H30F2N4O2/c1-20(25-13-7-11-21-10-5-6-12-26(21)25)35-18-23-14-15-38(19-27(23)22-8-3-2-4-9-22)30-28(33)16-24(17-29(30)34)31-36-32(39)40-37-31/h2-13,16-17,20,23,27,35H,14-15,18-19H2,1H3,(H,36,37,39)/t20-,23?,27?/m1/s1. The van der Waals surface area contributed by atoms with E-state index in [1.807, 2.05) is 18.2 Å². The lowest BCUT2D eigenvalue weighted by atomic mass is 9.80. The molecule has 2 heterocycles. The Bertz CT molecular complexity index is 1660. The number of aromatic amines is 1. The van der Waals surface area contributed by atoms with Crippen molar-refractivity contribution in [2.75, 3.05) is 24.5 Å². The molecular formula is C32H30F2N4O2. The Labute approximate surface area is 230 Å². The van der Waals surface area contributed by atoms with E-state index in [2.05, 4.69) is 81.5 Å². The van der Waals surface area contributed by atoms with Crippen LogP contribution in [0.1, 0.15) is 36.4 Å². The first-order valence-electron chi connectivity index (χ1n) is 13.5. The molecule has 1 aromatic heterocycles. The van der Waals surface area contributed by atoms with E-state index in [0.717, 1.165) is 18.5 Å². The van der Waals surface area contributed by atoms with E-state index in [-0.39, 0.29) is 35.0 Å². The molecule has 0 spiro atoms. The molecule has 40 heavy (non-hydrogen) atoms. The zero-order valence-corrected chi connectivity index (χ0v) is 22.1. The second-order valence-electron chi connectivity index (χ2n) is 10.4. The van der Waals surface area contributed by atoms with Crippen LogP contribution in [-0.4, -0.2) is 29.8 Å². The quantitative estimate of drug-likeness (QED) is 0.249. The van der Waals surface area contributed by atoms with Crippen molar-refractivity contribution in [2.45, 2.75) is 25.3 Å². The average Bonchev–Trinajstić information content (AvgIpc) is 3.42. The zero-order valence-electron chi connectivity index (χ0n) is 22.1. The van der Waals surface area contributed by atoms with Gasteiger partial charge in [0.25, 0.3) is 0 Å². The minimum absolute atomic E-state index is 0.0124. The number of benzene rings is 4. The van der Waals surface area contributed by atoms with Crippen LogP contribution in [0.15, 0.2) is 94.2 Å². The number of hydrogen-bond donors (Lipinski definition) is 2. The third-order valence-electron chi connectivity index (χ3n) is 8.01. The van der Waals surface area contributed by atoms with Gasteiger partial charge in [0.05, 0.1) is 0 Å². The number of hydrogen-bond acceptors (Lipinski definition) is 5.